The fourth-order valence-electron chi connectivity index (χ4n) is 3.22. The number of anilines is 1. The number of morpholine rings is 1. The third-order valence-electron chi connectivity index (χ3n) is 4.66. The molecule has 2 aliphatic heterocycles. The van der Waals surface area contributed by atoms with Gasteiger partial charge in [0.2, 0.25) is 10.0 Å². The number of nitrogens with zero attached hydrogens (tertiary/aromatic N) is 2. The van der Waals surface area contributed by atoms with Crippen LogP contribution in [0, 0.1) is 5.92 Å². The Morgan fingerprint density at radius 2 is 1.88 bits per heavy atom. The molecule has 2 fully saturated rings. The standard InChI is InChI=1S/C17H25N3O3S2/c1-14-3-2-8-19(13-14)17(24)18-15-4-6-16(7-5-15)25(21,22)20-9-11-23-12-10-20/h4-7,14H,2-3,8-13H2,1H3,(H,18,24)/t14-/m1/s1. The number of hydrogen-bond donors (Lipinski definition) is 1. The van der Waals surface area contributed by atoms with Crippen LogP contribution < -0.4 is 5.32 Å². The number of nitrogens with one attached hydrogen (secondary N) is 1. The molecule has 2 aliphatic rings. The highest BCUT2D eigenvalue weighted by atomic mass is 32.2. The van der Waals surface area contributed by atoms with Crippen LogP contribution in [0.5, 0.6) is 0 Å². The summed E-state index contributed by atoms with van der Waals surface area (Å²) in [6, 6.07) is 6.81. The summed E-state index contributed by atoms with van der Waals surface area (Å²) in [5.74, 6) is 0.648. The van der Waals surface area contributed by atoms with Gasteiger partial charge in [0.15, 0.2) is 5.11 Å². The highest BCUT2D eigenvalue weighted by Gasteiger charge is 2.26. The van der Waals surface area contributed by atoms with E-state index >= 15 is 0 Å². The van der Waals surface area contributed by atoms with Gasteiger partial charge in [-0.05, 0) is 55.2 Å². The Morgan fingerprint density at radius 1 is 1.20 bits per heavy atom. The molecule has 0 saturated carbocycles. The molecule has 0 radical (unpaired) electrons. The lowest BCUT2D eigenvalue weighted by molar-refractivity contribution is 0.0730. The maximum atomic E-state index is 12.6. The summed E-state index contributed by atoms with van der Waals surface area (Å²) >= 11 is 5.49. The van der Waals surface area contributed by atoms with Gasteiger partial charge < -0.3 is 15.0 Å². The molecule has 3 rings (SSSR count). The van der Waals surface area contributed by atoms with Crippen molar-refractivity contribution in [1.82, 2.24) is 9.21 Å². The van der Waals surface area contributed by atoms with Gasteiger partial charge in [0.25, 0.3) is 0 Å². The summed E-state index contributed by atoms with van der Waals surface area (Å²) in [4.78, 5) is 2.49. The van der Waals surface area contributed by atoms with Crippen LogP contribution in [0.15, 0.2) is 29.2 Å². The normalized spacial score (nSPS) is 22.6. The Hall–Kier alpha value is -1.22. The number of piperidine rings is 1. The van der Waals surface area contributed by atoms with E-state index in [2.05, 4.69) is 17.1 Å². The molecule has 0 aliphatic carbocycles. The number of rotatable bonds is 3. The molecule has 138 valence electrons. The van der Waals surface area contributed by atoms with E-state index in [-0.39, 0.29) is 0 Å². The third-order valence-corrected chi connectivity index (χ3v) is 6.93. The monoisotopic (exact) mass is 383 g/mol. The molecule has 0 spiro atoms. The minimum Gasteiger partial charge on any atom is -0.379 e. The van der Waals surface area contributed by atoms with E-state index in [1.54, 1.807) is 24.3 Å². The Kier molecular flexibility index (Phi) is 5.93. The van der Waals surface area contributed by atoms with Crippen molar-refractivity contribution >= 4 is 33.0 Å². The smallest absolute Gasteiger partial charge is 0.243 e. The number of hydrogen-bond acceptors (Lipinski definition) is 4. The minimum absolute atomic E-state index is 0.303. The van der Waals surface area contributed by atoms with Crippen LogP contribution in [0.4, 0.5) is 5.69 Å². The Bertz CT molecular complexity index is 700. The van der Waals surface area contributed by atoms with Crippen LogP contribution in [-0.2, 0) is 14.8 Å². The molecule has 8 heteroatoms. The van der Waals surface area contributed by atoms with Crippen molar-refractivity contribution in [3.05, 3.63) is 24.3 Å². The molecule has 0 unspecified atom stereocenters. The van der Waals surface area contributed by atoms with Gasteiger partial charge in [0.05, 0.1) is 18.1 Å². The Labute approximate surface area is 155 Å². The van der Waals surface area contributed by atoms with E-state index in [0.717, 1.165) is 25.2 Å². The van der Waals surface area contributed by atoms with Gasteiger partial charge in [-0.25, -0.2) is 8.42 Å². The molecule has 0 aromatic heterocycles. The van der Waals surface area contributed by atoms with Gasteiger partial charge >= 0.3 is 0 Å². The van der Waals surface area contributed by atoms with Crippen molar-refractivity contribution in [3.63, 3.8) is 0 Å². The average Bonchev–Trinajstić information content (AvgIpc) is 2.63. The first-order valence-electron chi connectivity index (χ1n) is 8.71. The molecular formula is C17H25N3O3S2. The number of likely N-dealkylation sites (tertiary alicyclic amines) is 1. The highest BCUT2D eigenvalue weighted by molar-refractivity contribution is 7.89. The van der Waals surface area contributed by atoms with E-state index in [4.69, 9.17) is 17.0 Å². The van der Waals surface area contributed by atoms with Crippen molar-refractivity contribution in [1.29, 1.82) is 0 Å². The van der Waals surface area contributed by atoms with Crippen LogP contribution in [0.2, 0.25) is 0 Å². The molecule has 1 atom stereocenters. The summed E-state index contributed by atoms with van der Waals surface area (Å²) in [5, 5.41) is 3.92. The SMILES string of the molecule is C[C@@H]1CCCN(C(=S)Nc2ccc(S(=O)(=O)N3CCOCC3)cc2)C1. The zero-order chi connectivity index (χ0) is 17.9. The van der Waals surface area contributed by atoms with Crippen LogP contribution in [0.25, 0.3) is 0 Å². The van der Waals surface area contributed by atoms with Crippen LogP contribution >= 0.6 is 12.2 Å². The minimum atomic E-state index is -3.45. The average molecular weight is 384 g/mol. The topological polar surface area (TPSA) is 61.9 Å². The lowest BCUT2D eigenvalue weighted by Gasteiger charge is -2.33. The second-order valence-corrected chi connectivity index (χ2v) is 8.99. The van der Waals surface area contributed by atoms with Crippen molar-refractivity contribution in [2.45, 2.75) is 24.7 Å². The molecule has 2 saturated heterocycles. The molecule has 0 bridgehead atoms. The van der Waals surface area contributed by atoms with E-state index in [9.17, 15) is 8.42 Å². The predicted octanol–water partition coefficient (Wildman–Crippen LogP) is 2.14. The van der Waals surface area contributed by atoms with Gasteiger partial charge in [-0.1, -0.05) is 6.92 Å². The number of benzene rings is 1. The van der Waals surface area contributed by atoms with Gasteiger partial charge in [-0.15, -0.1) is 0 Å². The largest absolute Gasteiger partial charge is 0.379 e. The third kappa shape index (κ3) is 4.49. The molecule has 1 N–H and O–H groups in total. The zero-order valence-electron chi connectivity index (χ0n) is 14.5. The molecule has 0 amide bonds. The summed E-state index contributed by atoms with van der Waals surface area (Å²) in [7, 11) is -3.45. The van der Waals surface area contributed by atoms with E-state index in [0.29, 0.717) is 42.2 Å². The Morgan fingerprint density at radius 3 is 2.52 bits per heavy atom. The fourth-order valence-corrected chi connectivity index (χ4v) is 4.91. The molecule has 1 aromatic carbocycles. The van der Waals surface area contributed by atoms with Gasteiger partial charge in [0.1, 0.15) is 0 Å². The van der Waals surface area contributed by atoms with Crippen molar-refractivity contribution in [3.8, 4) is 0 Å². The van der Waals surface area contributed by atoms with E-state index in [1.165, 1.54) is 10.7 Å². The lowest BCUT2D eigenvalue weighted by Crippen LogP contribution is -2.41. The molecule has 6 nitrogen and oxygen atoms in total. The number of sulfonamides is 1. The van der Waals surface area contributed by atoms with E-state index < -0.39 is 10.0 Å². The molecule has 25 heavy (non-hydrogen) atoms. The maximum absolute atomic E-state index is 12.6. The van der Waals surface area contributed by atoms with Crippen molar-refractivity contribution in [2.24, 2.45) is 5.92 Å². The first-order valence-corrected chi connectivity index (χ1v) is 10.6. The lowest BCUT2D eigenvalue weighted by atomic mass is 10.0. The molecule has 2 heterocycles. The second-order valence-electron chi connectivity index (χ2n) is 6.66. The summed E-state index contributed by atoms with van der Waals surface area (Å²) in [5.41, 5.74) is 0.809. The summed E-state index contributed by atoms with van der Waals surface area (Å²) < 4.78 is 31.9. The number of thiocarbonyl (C=S) groups is 1. The van der Waals surface area contributed by atoms with Gasteiger partial charge in [0, 0.05) is 31.9 Å². The van der Waals surface area contributed by atoms with Crippen LogP contribution in [0.3, 0.4) is 0 Å². The predicted molar refractivity (Wildman–Crippen MR) is 102 cm³/mol. The van der Waals surface area contributed by atoms with Gasteiger partial charge in [-0.2, -0.15) is 4.31 Å². The first kappa shape index (κ1) is 18.6. The fraction of sp³-hybridized carbons (Fsp3) is 0.588. The second kappa shape index (κ2) is 7.99. The van der Waals surface area contributed by atoms with Crippen molar-refractivity contribution < 1.29 is 13.2 Å². The van der Waals surface area contributed by atoms with Crippen LogP contribution in [-0.4, -0.2) is 62.1 Å². The molecular weight excluding hydrogens is 358 g/mol. The Balaban J connectivity index is 1.64. The highest BCUT2D eigenvalue weighted by Crippen LogP contribution is 2.21. The van der Waals surface area contributed by atoms with Crippen molar-refractivity contribution in [2.75, 3.05) is 44.7 Å². The molecule has 1 aromatic rings. The zero-order valence-corrected chi connectivity index (χ0v) is 16.1. The summed E-state index contributed by atoms with van der Waals surface area (Å²) in [6.07, 6.45) is 2.40. The van der Waals surface area contributed by atoms with E-state index in [1.807, 2.05) is 0 Å². The first-order chi connectivity index (χ1) is 12.0. The number of ether oxygens (including phenoxy) is 1. The maximum Gasteiger partial charge on any atom is 0.243 e. The quantitative estimate of drug-likeness (QED) is 0.807. The van der Waals surface area contributed by atoms with Gasteiger partial charge in [-0.3, -0.25) is 0 Å². The summed E-state index contributed by atoms with van der Waals surface area (Å²) in [6.45, 7) is 5.87. The van der Waals surface area contributed by atoms with Crippen LogP contribution in [0.1, 0.15) is 19.8 Å².